The van der Waals surface area contributed by atoms with Gasteiger partial charge in [-0.3, -0.25) is 9.59 Å². The summed E-state index contributed by atoms with van der Waals surface area (Å²) in [6, 6.07) is 7.23. The van der Waals surface area contributed by atoms with Crippen molar-refractivity contribution in [3.05, 3.63) is 53.8 Å². The highest BCUT2D eigenvalue weighted by Crippen LogP contribution is 2.32. The average molecular weight is 560 g/mol. The lowest BCUT2D eigenvalue weighted by Gasteiger charge is -2.31. The van der Waals surface area contributed by atoms with Gasteiger partial charge in [-0.05, 0) is 45.8 Å². The van der Waals surface area contributed by atoms with Gasteiger partial charge in [-0.25, -0.2) is 9.97 Å². The minimum absolute atomic E-state index is 0.129. The number of carbonyl (C=O) groups excluding carboxylic acids is 2. The number of fused-ring (bicyclic) bond motifs is 1. The molecule has 0 saturated heterocycles. The van der Waals surface area contributed by atoms with E-state index in [0.29, 0.717) is 36.1 Å². The van der Waals surface area contributed by atoms with Crippen LogP contribution >= 0.6 is 11.6 Å². The molecule has 1 aromatic carbocycles. The van der Waals surface area contributed by atoms with Gasteiger partial charge in [0.15, 0.2) is 0 Å². The van der Waals surface area contributed by atoms with Crippen molar-refractivity contribution in [2.75, 3.05) is 32.5 Å². The highest BCUT2D eigenvalue weighted by molar-refractivity contribution is 6.33. The first-order valence-corrected chi connectivity index (χ1v) is 13.1. The van der Waals surface area contributed by atoms with Crippen LogP contribution in [-0.4, -0.2) is 76.9 Å². The van der Waals surface area contributed by atoms with Crippen molar-refractivity contribution in [2.24, 2.45) is 0 Å². The van der Waals surface area contributed by atoms with E-state index in [4.69, 9.17) is 11.6 Å². The number of nitrogens with zero attached hydrogens (tertiary/aromatic N) is 3. The molecule has 12 heteroatoms. The Hall–Kier alpha value is -3.57. The van der Waals surface area contributed by atoms with Crippen LogP contribution in [0, 0.1) is 0 Å². The number of alkyl halides is 2. The number of benzene rings is 1. The molecule has 0 unspecified atom stereocenters. The van der Waals surface area contributed by atoms with Crippen LogP contribution in [0.25, 0.3) is 22.2 Å². The zero-order chi connectivity index (χ0) is 28.0. The molecule has 4 rings (SSSR count). The topological polar surface area (TPSA) is 115 Å². The molecule has 2 aromatic heterocycles. The normalized spacial score (nSPS) is 18.0. The summed E-state index contributed by atoms with van der Waals surface area (Å²) in [5, 5.41) is 9.19. The second-order valence-electron chi connectivity index (χ2n) is 9.90. The summed E-state index contributed by atoms with van der Waals surface area (Å²) in [4.78, 5) is 38.1. The Morgan fingerprint density at radius 3 is 2.79 bits per heavy atom. The van der Waals surface area contributed by atoms with Gasteiger partial charge in [-0.15, -0.1) is 0 Å². The van der Waals surface area contributed by atoms with E-state index >= 15 is 0 Å². The number of para-hydroxylation sites is 1. The number of halogens is 3. The number of H-pyrrole nitrogens is 1. The van der Waals surface area contributed by atoms with Gasteiger partial charge >= 0.3 is 5.92 Å². The predicted octanol–water partition coefficient (Wildman–Crippen LogP) is 3.99. The molecule has 2 atom stereocenters. The van der Waals surface area contributed by atoms with Crippen LogP contribution in [0.2, 0.25) is 5.02 Å². The van der Waals surface area contributed by atoms with Crippen LogP contribution in [0.4, 0.5) is 14.7 Å². The van der Waals surface area contributed by atoms with Crippen molar-refractivity contribution in [3.63, 3.8) is 0 Å². The van der Waals surface area contributed by atoms with Crippen LogP contribution in [0.15, 0.2) is 48.8 Å². The van der Waals surface area contributed by atoms with Crippen molar-refractivity contribution < 1.29 is 18.4 Å². The Morgan fingerprint density at radius 2 is 2.00 bits per heavy atom. The van der Waals surface area contributed by atoms with Crippen molar-refractivity contribution in [1.29, 1.82) is 0 Å². The molecule has 1 aliphatic rings. The molecule has 1 fully saturated rings. The number of hydrogen-bond donors (Lipinski definition) is 4. The smallest absolute Gasteiger partial charge is 0.341 e. The van der Waals surface area contributed by atoms with Gasteiger partial charge in [-0.2, -0.15) is 8.78 Å². The maximum absolute atomic E-state index is 14.4. The number of nitrogens with one attached hydrogen (secondary N) is 4. The number of aromatic nitrogens is 3. The van der Waals surface area contributed by atoms with E-state index in [1.54, 1.807) is 6.08 Å². The Kier molecular flexibility index (Phi) is 9.13. The van der Waals surface area contributed by atoms with Crippen molar-refractivity contribution >= 4 is 40.3 Å². The molecule has 2 heterocycles. The largest absolute Gasteiger partial charge is 0.360 e. The molecule has 1 saturated carbocycles. The maximum atomic E-state index is 14.4. The molecule has 208 valence electrons. The molecule has 9 nitrogen and oxygen atoms in total. The maximum Gasteiger partial charge on any atom is 0.341 e. The number of rotatable bonds is 10. The summed E-state index contributed by atoms with van der Waals surface area (Å²) in [6.45, 7) is -0.583. The predicted molar refractivity (Wildman–Crippen MR) is 148 cm³/mol. The van der Waals surface area contributed by atoms with E-state index in [1.165, 1.54) is 12.3 Å². The third-order valence-corrected chi connectivity index (χ3v) is 6.76. The van der Waals surface area contributed by atoms with E-state index in [9.17, 15) is 18.4 Å². The molecular weight excluding hydrogens is 528 g/mol. The molecule has 2 amide bonds. The highest BCUT2D eigenvalue weighted by Gasteiger charge is 2.40. The van der Waals surface area contributed by atoms with Crippen molar-refractivity contribution in [3.8, 4) is 11.3 Å². The fourth-order valence-corrected chi connectivity index (χ4v) is 4.72. The van der Waals surface area contributed by atoms with Gasteiger partial charge in [0.2, 0.25) is 11.9 Å². The molecule has 4 N–H and O–H groups in total. The first-order chi connectivity index (χ1) is 18.6. The third-order valence-electron chi connectivity index (χ3n) is 6.49. The summed E-state index contributed by atoms with van der Waals surface area (Å²) in [7, 11) is 3.63. The van der Waals surface area contributed by atoms with Crippen LogP contribution in [0.3, 0.4) is 0 Å². The van der Waals surface area contributed by atoms with E-state index in [2.05, 4.69) is 30.9 Å². The molecule has 0 spiro atoms. The van der Waals surface area contributed by atoms with Gasteiger partial charge in [0.25, 0.3) is 5.91 Å². The van der Waals surface area contributed by atoms with Crippen LogP contribution in [0.1, 0.15) is 25.7 Å². The quantitative estimate of drug-likeness (QED) is 0.279. The van der Waals surface area contributed by atoms with E-state index < -0.39 is 30.3 Å². The standard InChI is InChI=1S/C27H32ClF2N7O2/c1-37(2)12-6-11-23(38)33-16-27(29,30)25(39)34-17-7-5-8-18(13-17)35-26-32-15-21(28)24(36-26)20-14-31-22-10-4-3-9-19(20)22/h3-4,6,9-11,14-15,17-18,31H,5,7-8,12-13,16H2,1-2H3,(H,33,38)(H,34,39)(H,32,35,36)/b11-6+/t17-,18+/m0/s1. The van der Waals surface area contributed by atoms with Gasteiger partial charge in [0.05, 0.1) is 23.5 Å². The number of carbonyl (C=O) groups is 2. The minimum Gasteiger partial charge on any atom is -0.360 e. The lowest BCUT2D eigenvalue weighted by atomic mass is 9.91. The summed E-state index contributed by atoms with van der Waals surface area (Å²) in [5.41, 5.74) is 2.38. The fourth-order valence-electron chi connectivity index (χ4n) is 4.53. The van der Waals surface area contributed by atoms with Crippen molar-refractivity contribution in [2.45, 2.75) is 43.7 Å². The Bertz CT molecular complexity index is 1340. The first-order valence-electron chi connectivity index (χ1n) is 12.8. The molecule has 0 bridgehead atoms. The number of amides is 2. The lowest BCUT2D eigenvalue weighted by molar-refractivity contribution is -0.146. The Labute approximate surface area is 230 Å². The molecule has 3 aromatic rings. The van der Waals surface area contributed by atoms with Crippen LogP contribution in [0.5, 0.6) is 0 Å². The zero-order valence-electron chi connectivity index (χ0n) is 21.8. The second kappa shape index (κ2) is 12.5. The number of likely N-dealkylation sites (N-methyl/N-ethyl adjacent to an activating group) is 1. The average Bonchev–Trinajstić information content (AvgIpc) is 3.33. The molecular formula is C27H32ClF2N7O2. The zero-order valence-corrected chi connectivity index (χ0v) is 22.6. The minimum atomic E-state index is -3.74. The number of aromatic amines is 1. The number of hydrogen-bond acceptors (Lipinski definition) is 6. The Balaban J connectivity index is 1.34. The number of anilines is 1. The van der Waals surface area contributed by atoms with Gasteiger partial charge in [0.1, 0.15) is 0 Å². The van der Waals surface area contributed by atoms with E-state index in [1.807, 2.05) is 49.5 Å². The second-order valence-corrected chi connectivity index (χ2v) is 10.3. The van der Waals surface area contributed by atoms with Gasteiger partial charge in [0, 0.05) is 47.4 Å². The summed E-state index contributed by atoms with van der Waals surface area (Å²) in [6.07, 6.45) is 8.59. The van der Waals surface area contributed by atoms with Crippen LogP contribution in [-0.2, 0) is 9.59 Å². The first kappa shape index (κ1) is 28.4. The highest BCUT2D eigenvalue weighted by atomic mass is 35.5. The lowest BCUT2D eigenvalue weighted by Crippen LogP contribution is -2.52. The molecule has 0 aliphatic heterocycles. The van der Waals surface area contributed by atoms with Crippen LogP contribution < -0.4 is 16.0 Å². The third kappa shape index (κ3) is 7.51. The molecule has 0 radical (unpaired) electrons. The SMILES string of the molecule is CN(C)C/C=C/C(=O)NCC(F)(F)C(=O)N[C@H]1CCC[C@@H](Nc2ncc(Cl)c(-c3c[nH]c4ccccc34)n2)C1. The summed E-state index contributed by atoms with van der Waals surface area (Å²) in [5.74, 6) is -5.46. The molecule has 39 heavy (non-hydrogen) atoms. The van der Waals surface area contributed by atoms with Crippen molar-refractivity contribution in [1.82, 2.24) is 30.5 Å². The van der Waals surface area contributed by atoms with E-state index in [-0.39, 0.29) is 6.04 Å². The van der Waals surface area contributed by atoms with Gasteiger partial charge in [-0.1, -0.05) is 35.9 Å². The summed E-state index contributed by atoms with van der Waals surface area (Å²) < 4.78 is 28.9. The van der Waals surface area contributed by atoms with E-state index in [0.717, 1.165) is 29.3 Å². The summed E-state index contributed by atoms with van der Waals surface area (Å²) >= 11 is 6.42. The molecule has 1 aliphatic carbocycles. The monoisotopic (exact) mass is 559 g/mol. The van der Waals surface area contributed by atoms with Gasteiger partial charge < -0.3 is 25.8 Å². The Morgan fingerprint density at radius 1 is 1.23 bits per heavy atom. The fraction of sp³-hybridized carbons (Fsp3) is 0.407.